The van der Waals surface area contributed by atoms with E-state index in [9.17, 15) is 9.59 Å². The lowest BCUT2D eigenvalue weighted by Crippen LogP contribution is -2.42. The highest BCUT2D eigenvalue weighted by Gasteiger charge is 2.18. The van der Waals surface area contributed by atoms with Gasteiger partial charge in [-0.3, -0.25) is 14.5 Å². The maximum Gasteiger partial charge on any atom is 0.277 e. The van der Waals surface area contributed by atoms with Crippen LogP contribution in [0.5, 0.6) is 0 Å². The van der Waals surface area contributed by atoms with Gasteiger partial charge in [0, 0.05) is 36.8 Å². The molecule has 1 unspecified atom stereocenters. The standard InChI is InChI=1S/C27H34N4O2/c1-19(2)18-31-24-10-5-4-9-23(24)29-25(27(31)33)21-11-13-22(14-12-21)26(32)28-15-17-30-16-7-6-8-20(30)3/h4-5,9-14,19-20H,6-8,15-18H2,1-3H3,(H,28,32). The van der Waals surface area contributed by atoms with Crippen LogP contribution in [0.15, 0.2) is 53.3 Å². The number of fused-ring (bicyclic) bond motifs is 1. The van der Waals surface area contributed by atoms with Crippen LogP contribution in [-0.2, 0) is 6.54 Å². The topological polar surface area (TPSA) is 67.2 Å². The van der Waals surface area contributed by atoms with Crippen LogP contribution in [-0.4, -0.2) is 46.0 Å². The summed E-state index contributed by atoms with van der Waals surface area (Å²) in [5.41, 5.74) is 3.27. The molecule has 0 bridgehead atoms. The Morgan fingerprint density at radius 1 is 1.12 bits per heavy atom. The molecule has 2 heterocycles. The van der Waals surface area contributed by atoms with E-state index in [4.69, 9.17) is 0 Å². The highest BCUT2D eigenvalue weighted by Crippen LogP contribution is 2.19. The Kier molecular flexibility index (Phi) is 7.23. The lowest BCUT2D eigenvalue weighted by Gasteiger charge is -2.33. The number of rotatable bonds is 7. The molecule has 1 aliphatic rings. The normalized spacial score (nSPS) is 16.9. The summed E-state index contributed by atoms with van der Waals surface area (Å²) in [5.74, 6) is 0.246. The minimum absolute atomic E-state index is 0.0881. The smallest absolute Gasteiger partial charge is 0.277 e. The SMILES string of the molecule is CC(C)Cn1c(=O)c(-c2ccc(C(=O)NCCN3CCCCC3C)cc2)nc2ccccc21. The molecule has 4 rings (SSSR count). The van der Waals surface area contributed by atoms with Gasteiger partial charge in [-0.15, -0.1) is 0 Å². The van der Waals surface area contributed by atoms with Gasteiger partial charge in [0.25, 0.3) is 11.5 Å². The summed E-state index contributed by atoms with van der Waals surface area (Å²) in [6.07, 6.45) is 3.77. The zero-order valence-electron chi connectivity index (χ0n) is 19.9. The van der Waals surface area contributed by atoms with Crippen LogP contribution >= 0.6 is 0 Å². The van der Waals surface area contributed by atoms with Crippen LogP contribution in [0.25, 0.3) is 22.3 Å². The molecular formula is C27H34N4O2. The summed E-state index contributed by atoms with van der Waals surface area (Å²) in [6, 6.07) is 15.5. The maximum atomic E-state index is 13.3. The Morgan fingerprint density at radius 3 is 2.61 bits per heavy atom. The van der Waals surface area contributed by atoms with Crippen LogP contribution in [0.1, 0.15) is 50.4 Å². The largest absolute Gasteiger partial charge is 0.351 e. The van der Waals surface area contributed by atoms with Crippen molar-refractivity contribution in [3.8, 4) is 11.3 Å². The summed E-state index contributed by atoms with van der Waals surface area (Å²) in [4.78, 5) is 33.0. The fourth-order valence-electron chi connectivity index (χ4n) is 4.61. The molecule has 1 aromatic heterocycles. The van der Waals surface area contributed by atoms with Gasteiger partial charge in [0.2, 0.25) is 0 Å². The van der Waals surface area contributed by atoms with Crippen molar-refractivity contribution in [2.24, 2.45) is 5.92 Å². The zero-order chi connectivity index (χ0) is 23.4. The number of carbonyl (C=O) groups excluding carboxylic acids is 1. The van der Waals surface area contributed by atoms with Crippen molar-refractivity contribution in [2.75, 3.05) is 19.6 Å². The first-order valence-corrected chi connectivity index (χ1v) is 12.1. The Labute approximate surface area is 195 Å². The van der Waals surface area contributed by atoms with Crippen LogP contribution in [0.4, 0.5) is 0 Å². The summed E-state index contributed by atoms with van der Waals surface area (Å²) >= 11 is 0. The van der Waals surface area contributed by atoms with E-state index in [2.05, 4.69) is 36.0 Å². The second kappa shape index (κ2) is 10.3. The zero-order valence-corrected chi connectivity index (χ0v) is 19.9. The number of nitrogens with one attached hydrogen (secondary N) is 1. The predicted octanol–water partition coefficient (Wildman–Crippen LogP) is 4.32. The molecule has 0 aliphatic carbocycles. The minimum Gasteiger partial charge on any atom is -0.351 e. The molecular weight excluding hydrogens is 412 g/mol. The lowest BCUT2D eigenvalue weighted by molar-refractivity contribution is 0.0938. The van der Waals surface area contributed by atoms with Crippen LogP contribution in [0, 0.1) is 5.92 Å². The number of nitrogens with zero attached hydrogens (tertiary/aromatic N) is 3. The fourth-order valence-corrected chi connectivity index (χ4v) is 4.61. The molecule has 33 heavy (non-hydrogen) atoms. The summed E-state index contributed by atoms with van der Waals surface area (Å²) < 4.78 is 1.81. The molecule has 6 heteroatoms. The van der Waals surface area contributed by atoms with Crippen LogP contribution < -0.4 is 10.9 Å². The number of carbonyl (C=O) groups is 1. The molecule has 0 saturated carbocycles. The van der Waals surface area contributed by atoms with E-state index in [-0.39, 0.29) is 11.5 Å². The average molecular weight is 447 g/mol. The van der Waals surface area contributed by atoms with Crippen molar-refractivity contribution < 1.29 is 4.79 Å². The molecule has 1 saturated heterocycles. The maximum absolute atomic E-state index is 13.3. The second-order valence-corrected chi connectivity index (χ2v) is 9.47. The van der Waals surface area contributed by atoms with Crippen molar-refractivity contribution in [2.45, 2.75) is 52.6 Å². The Morgan fingerprint density at radius 2 is 1.88 bits per heavy atom. The van der Waals surface area contributed by atoms with Gasteiger partial charge in [-0.05, 0) is 56.5 Å². The Balaban J connectivity index is 1.50. The molecule has 1 aliphatic heterocycles. The average Bonchev–Trinajstić information content (AvgIpc) is 2.82. The third kappa shape index (κ3) is 5.33. The van der Waals surface area contributed by atoms with Gasteiger partial charge in [-0.25, -0.2) is 4.98 Å². The monoisotopic (exact) mass is 446 g/mol. The molecule has 174 valence electrons. The number of likely N-dealkylation sites (tertiary alicyclic amines) is 1. The number of amides is 1. The van der Waals surface area contributed by atoms with E-state index in [0.717, 1.165) is 29.7 Å². The molecule has 1 fully saturated rings. The van der Waals surface area contributed by atoms with Gasteiger partial charge in [-0.1, -0.05) is 44.5 Å². The molecule has 1 N–H and O–H groups in total. The van der Waals surface area contributed by atoms with Gasteiger partial charge in [0.05, 0.1) is 11.0 Å². The molecule has 3 aromatic rings. The first-order valence-electron chi connectivity index (χ1n) is 12.1. The molecule has 2 aromatic carbocycles. The molecule has 1 atom stereocenters. The van der Waals surface area contributed by atoms with E-state index < -0.39 is 0 Å². The third-order valence-electron chi connectivity index (χ3n) is 6.45. The Bertz CT molecular complexity index is 1170. The van der Waals surface area contributed by atoms with Gasteiger partial charge in [0.15, 0.2) is 0 Å². The number of benzene rings is 2. The van der Waals surface area contributed by atoms with E-state index in [1.54, 1.807) is 12.1 Å². The van der Waals surface area contributed by atoms with Gasteiger partial charge >= 0.3 is 0 Å². The van der Waals surface area contributed by atoms with Crippen molar-refractivity contribution in [1.29, 1.82) is 0 Å². The van der Waals surface area contributed by atoms with Crippen molar-refractivity contribution in [3.05, 3.63) is 64.4 Å². The van der Waals surface area contributed by atoms with E-state index in [1.807, 2.05) is 41.0 Å². The summed E-state index contributed by atoms with van der Waals surface area (Å²) in [5, 5.41) is 3.03. The quantitative estimate of drug-likeness (QED) is 0.587. The molecule has 6 nitrogen and oxygen atoms in total. The number of piperidine rings is 1. The first kappa shape index (κ1) is 23.2. The number of aromatic nitrogens is 2. The minimum atomic E-state index is -0.102. The number of para-hydroxylation sites is 2. The summed E-state index contributed by atoms with van der Waals surface area (Å²) in [7, 11) is 0. The van der Waals surface area contributed by atoms with Gasteiger partial charge in [-0.2, -0.15) is 0 Å². The Hall–Kier alpha value is -2.99. The van der Waals surface area contributed by atoms with Crippen molar-refractivity contribution in [3.63, 3.8) is 0 Å². The van der Waals surface area contributed by atoms with E-state index in [0.29, 0.717) is 36.3 Å². The van der Waals surface area contributed by atoms with Crippen LogP contribution in [0.2, 0.25) is 0 Å². The van der Waals surface area contributed by atoms with Gasteiger partial charge in [0.1, 0.15) is 5.69 Å². The third-order valence-corrected chi connectivity index (χ3v) is 6.45. The summed E-state index contributed by atoms with van der Waals surface area (Å²) in [6.45, 7) is 9.71. The van der Waals surface area contributed by atoms with Crippen molar-refractivity contribution in [1.82, 2.24) is 19.8 Å². The van der Waals surface area contributed by atoms with E-state index in [1.165, 1.54) is 19.3 Å². The predicted molar refractivity (Wildman–Crippen MR) is 133 cm³/mol. The van der Waals surface area contributed by atoms with Crippen molar-refractivity contribution >= 4 is 16.9 Å². The second-order valence-electron chi connectivity index (χ2n) is 9.47. The molecule has 0 radical (unpaired) electrons. The number of hydrogen-bond donors (Lipinski definition) is 1. The molecule has 0 spiro atoms. The van der Waals surface area contributed by atoms with E-state index >= 15 is 0 Å². The first-order chi connectivity index (χ1) is 15.9. The highest BCUT2D eigenvalue weighted by molar-refractivity contribution is 5.94. The van der Waals surface area contributed by atoms with Crippen LogP contribution in [0.3, 0.4) is 0 Å². The molecule has 1 amide bonds. The number of hydrogen-bond acceptors (Lipinski definition) is 4. The van der Waals surface area contributed by atoms with Gasteiger partial charge < -0.3 is 9.88 Å². The lowest BCUT2D eigenvalue weighted by atomic mass is 10.0. The fraction of sp³-hybridized carbons (Fsp3) is 0.444. The highest BCUT2D eigenvalue weighted by atomic mass is 16.1.